The fraction of sp³-hybridized carbons (Fsp3) is 0.417. The minimum atomic E-state index is 0.413. The molecule has 38 heavy (non-hydrogen) atoms. The van der Waals surface area contributed by atoms with E-state index in [2.05, 4.69) is 72.6 Å². The van der Waals surface area contributed by atoms with Gasteiger partial charge in [0.25, 0.3) is 11.9 Å². The van der Waals surface area contributed by atoms with Gasteiger partial charge in [0.05, 0.1) is 12.4 Å². The van der Waals surface area contributed by atoms with Crippen LogP contribution in [-0.2, 0) is 0 Å². The van der Waals surface area contributed by atoms with Crippen LogP contribution in [0.5, 0.6) is 0 Å². The van der Waals surface area contributed by atoms with Crippen LogP contribution in [0.15, 0.2) is 33.7 Å². The van der Waals surface area contributed by atoms with Gasteiger partial charge in [-0.25, -0.2) is 9.36 Å². The molecule has 14 heteroatoms. The van der Waals surface area contributed by atoms with Crippen LogP contribution in [0.25, 0.3) is 11.9 Å². The number of rotatable bonds is 6. The van der Waals surface area contributed by atoms with Crippen LogP contribution in [0.3, 0.4) is 0 Å². The molecule has 4 heterocycles. The van der Waals surface area contributed by atoms with Gasteiger partial charge in [0, 0.05) is 24.5 Å². The van der Waals surface area contributed by atoms with E-state index in [0.717, 1.165) is 27.2 Å². The summed E-state index contributed by atoms with van der Waals surface area (Å²) in [6.07, 6.45) is 14.5. The number of nitrogens with two attached hydrogens (primary N) is 2. The monoisotopic (exact) mass is 644 g/mol. The van der Waals surface area contributed by atoms with Crippen molar-refractivity contribution in [1.82, 2.24) is 39.5 Å². The molecule has 0 radical (unpaired) electrons. The van der Waals surface area contributed by atoms with E-state index < -0.39 is 0 Å². The summed E-state index contributed by atoms with van der Waals surface area (Å²) in [6.45, 7) is 3.94. The molecule has 0 amide bonds. The maximum Gasteiger partial charge on any atom is 0.254 e. The summed E-state index contributed by atoms with van der Waals surface area (Å²) in [6, 6.07) is 0.968. The van der Waals surface area contributed by atoms with Gasteiger partial charge in [0.1, 0.15) is 32.2 Å². The lowest BCUT2D eigenvalue weighted by atomic mass is 10.2. The van der Waals surface area contributed by atoms with Gasteiger partial charge in [-0.3, -0.25) is 0 Å². The highest BCUT2D eigenvalue weighted by molar-refractivity contribution is 9.11. The van der Waals surface area contributed by atoms with Crippen LogP contribution in [0, 0.1) is 13.8 Å². The summed E-state index contributed by atoms with van der Waals surface area (Å²) >= 11 is 6.86. The summed E-state index contributed by atoms with van der Waals surface area (Å²) in [4.78, 5) is 17.5. The highest BCUT2D eigenvalue weighted by Gasteiger charge is 2.24. The van der Waals surface area contributed by atoms with Crippen molar-refractivity contribution in [3.8, 4) is 11.9 Å². The van der Waals surface area contributed by atoms with Crippen molar-refractivity contribution in [2.45, 2.75) is 64.5 Å². The molecule has 0 spiro atoms. The third kappa shape index (κ3) is 6.23. The Morgan fingerprint density at radius 2 is 1.13 bits per heavy atom. The van der Waals surface area contributed by atoms with Crippen LogP contribution >= 0.6 is 31.9 Å². The van der Waals surface area contributed by atoms with Gasteiger partial charge < -0.3 is 22.1 Å². The summed E-state index contributed by atoms with van der Waals surface area (Å²) in [5.41, 5.74) is 14.0. The zero-order valence-corrected chi connectivity index (χ0v) is 24.4. The SMILES string of the molecule is Cc1cnn(-c2nc(N)c(Br)c(NC3CC3)n2)c1.Cc1cnn(-c2nc(N)c(Br)c(NC3CCCC3)n2)c1. The maximum absolute atomic E-state index is 5.96. The number of aryl methyl sites for hydroxylation is 2. The molecule has 0 unspecified atom stereocenters. The van der Waals surface area contributed by atoms with Crippen molar-refractivity contribution in [2.24, 2.45) is 0 Å². The van der Waals surface area contributed by atoms with E-state index >= 15 is 0 Å². The Kier molecular flexibility index (Phi) is 7.79. The standard InChI is InChI=1S/C13H17BrN6.C11H13BrN6/c1-8-6-16-20(7-8)13-18-11(15)10(14)12(19-13)17-9-4-2-3-5-9;1-6-4-14-18(5-6)11-16-9(13)8(12)10(17-11)15-7-2-3-7/h6-7,9H,2-5H2,1H3,(H3,15,17,18,19);4-5,7H,2-3H2,1H3,(H3,13,15,16,17). The predicted octanol–water partition coefficient (Wildman–Crippen LogP) is 4.56. The molecule has 4 aromatic rings. The van der Waals surface area contributed by atoms with Crippen LogP contribution in [-0.4, -0.2) is 51.6 Å². The van der Waals surface area contributed by atoms with Crippen molar-refractivity contribution in [3.05, 3.63) is 44.9 Å². The van der Waals surface area contributed by atoms with Crippen LogP contribution in [0.4, 0.5) is 23.3 Å². The number of hydrogen-bond acceptors (Lipinski definition) is 10. The summed E-state index contributed by atoms with van der Waals surface area (Å²) in [7, 11) is 0. The number of anilines is 4. The molecule has 12 nitrogen and oxygen atoms in total. The fourth-order valence-electron chi connectivity index (χ4n) is 4.03. The number of nitrogen functional groups attached to an aromatic ring is 2. The third-order valence-corrected chi connectivity index (χ3v) is 7.74. The number of aromatic nitrogens is 8. The van der Waals surface area contributed by atoms with Crippen LogP contribution in [0.1, 0.15) is 49.7 Å². The molecule has 2 fully saturated rings. The molecule has 0 aliphatic heterocycles. The molecule has 200 valence electrons. The summed E-state index contributed by atoms with van der Waals surface area (Å²) < 4.78 is 4.69. The molecular weight excluding hydrogens is 616 g/mol. The normalized spacial score (nSPS) is 15.3. The lowest BCUT2D eigenvalue weighted by Gasteiger charge is -2.15. The van der Waals surface area contributed by atoms with E-state index in [0.29, 0.717) is 40.1 Å². The van der Waals surface area contributed by atoms with Gasteiger partial charge >= 0.3 is 0 Å². The molecule has 0 bridgehead atoms. The molecule has 0 aromatic carbocycles. The lowest BCUT2D eigenvalue weighted by Crippen LogP contribution is -2.18. The Morgan fingerprint density at radius 3 is 1.50 bits per heavy atom. The first-order valence-corrected chi connectivity index (χ1v) is 14.1. The zero-order valence-electron chi connectivity index (χ0n) is 21.2. The molecule has 6 rings (SSSR count). The highest BCUT2D eigenvalue weighted by atomic mass is 79.9. The van der Waals surface area contributed by atoms with Crippen molar-refractivity contribution >= 4 is 55.1 Å². The predicted molar refractivity (Wildman–Crippen MR) is 155 cm³/mol. The summed E-state index contributed by atoms with van der Waals surface area (Å²) in [5.74, 6) is 3.27. The molecular formula is C24H30Br2N12. The highest BCUT2D eigenvalue weighted by Crippen LogP contribution is 2.32. The van der Waals surface area contributed by atoms with Gasteiger partial charge in [-0.2, -0.15) is 30.1 Å². The van der Waals surface area contributed by atoms with Crippen molar-refractivity contribution < 1.29 is 0 Å². The average molecular weight is 646 g/mol. The first-order valence-electron chi connectivity index (χ1n) is 12.5. The van der Waals surface area contributed by atoms with Crippen molar-refractivity contribution in [1.29, 1.82) is 0 Å². The number of nitrogens with zero attached hydrogens (tertiary/aromatic N) is 8. The minimum Gasteiger partial charge on any atom is -0.383 e. The molecule has 2 saturated carbocycles. The van der Waals surface area contributed by atoms with E-state index in [-0.39, 0.29) is 0 Å². The van der Waals surface area contributed by atoms with Gasteiger partial charge in [-0.1, -0.05) is 12.8 Å². The number of nitrogens with one attached hydrogen (secondary N) is 2. The Bertz CT molecular complexity index is 1420. The quantitative estimate of drug-likeness (QED) is 0.234. The van der Waals surface area contributed by atoms with E-state index in [1.54, 1.807) is 21.8 Å². The van der Waals surface area contributed by atoms with E-state index in [9.17, 15) is 0 Å². The van der Waals surface area contributed by atoms with Crippen molar-refractivity contribution in [3.63, 3.8) is 0 Å². The second-order valence-electron chi connectivity index (χ2n) is 9.61. The largest absolute Gasteiger partial charge is 0.383 e. The third-order valence-electron chi connectivity index (χ3n) is 6.18. The Hall–Kier alpha value is -3.26. The number of halogens is 2. The minimum absolute atomic E-state index is 0.413. The summed E-state index contributed by atoms with van der Waals surface area (Å²) in [5, 5.41) is 15.2. The van der Waals surface area contributed by atoms with Crippen LogP contribution < -0.4 is 22.1 Å². The van der Waals surface area contributed by atoms with Crippen LogP contribution in [0.2, 0.25) is 0 Å². The Balaban J connectivity index is 0.000000156. The maximum atomic E-state index is 5.96. The zero-order chi connectivity index (χ0) is 26.8. The number of hydrogen-bond donors (Lipinski definition) is 4. The molecule has 0 atom stereocenters. The van der Waals surface area contributed by atoms with Crippen molar-refractivity contribution in [2.75, 3.05) is 22.1 Å². The second-order valence-corrected chi connectivity index (χ2v) is 11.2. The van der Waals surface area contributed by atoms with E-state index in [1.807, 2.05) is 26.2 Å². The van der Waals surface area contributed by atoms with E-state index in [4.69, 9.17) is 11.5 Å². The molecule has 2 aliphatic carbocycles. The Morgan fingerprint density at radius 1 is 0.711 bits per heavy atom. The smallest absolute Gasteiger partial charge is 0.254 e. The molecule has 4 aromatic heterocycles. The van der Waals surface area contributed by atoms with Gasteiger partial charge in [0.15, 0.2) is 0 Å². The van der Waals surface area contributed by atoms with Gasteiger partial charge in [-0.15, -0.1) is 0 Å². The topological polar surface area (TPSA) is 163 Å². The first-order chi connectivity index (χ1) is 18.3. The average Bonchev–Trinajstić information content (AvgIpc) is 3.24. The Labute approximate surface area is 237 Å². The first kappa shape index (κ1) is 26.4. The lowest BCUT2D eigenvalue weighted by molar-refractivity contribution is 0.742. The van der Waals surface area contributed by atoms with Gasteiger partial charge in [-0.05, 0) is 82.5 Å². The van der Waals surface area contributed by atoms with E-state index in [1.165, 1.54) is 38.5 Å². The molecule has 6 N–H and O–H groups in total. The second kappa shape index (κ2) is 11.2. The molecule has 2 aliphatic rings. The molecule has 0 saturated heterocycles. The fourth-order valence-corrected chi connectivity index (χ4v) is 4.61. The van der Waals surface area contributed by atoms with Gasteiger partial charge in [0.2, 0.25) is 0 Å².